The van der Waals surface area contributed by atoms with Crippen molar-refractivity contribution in [1.29, 1.82) is 0 Å². The molecule has 0 bridgehead atoms. The van der Waals surface area contributed by atoms with Crippen molar-refractivity contribution >= 4 is 0 Å². The summed E-state index contributed by atoms with van der Waals surface area (Å²) in [4.78, 5) is 13.8. The molecule has 0 unspecified atom stereocenters. The van der Waals surface area contributed by atoms with Crippen LogP contribution in [0.4, 0.5) is 0 Å². The maximum Gasteiger partial charge on any atom is 0.137 e. The first kappa shape index (κ1) is 14.4. The third-order valence-corrected chi connectivity index (χ3v) is 3.50. The fourth-order valence-corrected chi connectivity index (χ4v) is 2.40. The summed E-state index contributed by atoms with van der Waals surface area (Å²) < 4.78 is 0. The van der Waals surface area contributed by atoms with Gasteiger partial charge < -0.3 is 0 Å². The van der Waals surface area contributed by atoms with E-state index in [4.69, 9.17) is 0 Å². The van der Waals surface area contributed by atoms with E-state index in [0.29, 0.717) is 0 Å². The zero-order valence-electron chi connectivity index (χ0n) is 12.7. The second-order valence-corrected chi connectivity index (χ2v) is 5.26. The molecule has 0 aliphatic carbocycles. The molecule has 0 N–H and O–H groups in total. The van der Waals surface area contributed by atoms with E-state index in [1.165, 1.54) is 11.1 Å². The molecular formula is C19H19N3. The van der Waals surface area contributed by atoms with Crippen molar-refractivity contribution in [3.8, 4) is 0 Å². The van der Waals surface area contributed by atoms with E-state index in [1.807, 2.05) is 36.4 Å². The topological polar surface area (TPSA) is 38.7 Å². The van der Waals surface area contributed by atoms with Crippen LogP contribution in [-0.4, -0.2) is 15.0 Å². The summed E-state index contributed by atoms with van der Waals surface area (Å²) in [6.45, 7) is 2.08. The monoisotopic (exact) mass is 289 g/mol. The Hall–Kier alpha value is -2.55. The average molecular weight is 289 g/mol. The van der Waals surface area contributed by atoms with Crippen molar-refractivity contribution in [2.75, 3.05) is 0 Å². The Morgan fingerprint density at radius 2 is 1.00 bits per heavy atom. The van der Waals surface area contributed by atoms with E-state index in [9.17, 15) is 0 Å². The van der Waals surface area contributed by atoms with Crippen LogP contribution < -0.4 is 0 Å². The molecule has 2 aromatic carbocycles. The van der Waals surface area contributed by atoms with Crippen LogP contribution in [0.15, 0.2) is 60.7 Å². The Labute approximate surface area is 131 Å². The molecule has 0 spiro atoms. The molecule has 0 atom stereocenters. The average Bonchev–Trinajstić information content (AvgIpc) is 2.56. The molecule has 0 aliphatic rings. The predicted molar refractivity (Wildman–Crippen MR) is 87.7 cm³/mol. The third kappa shape index (κ3) is 3.76. The van der Waals surface area contributed by atoms with Gasteiger partial charge in [-0.2, -0.15) is 0 Å². The first-order chi connectivity index (χ1) is 10.8. The molecule has 22 heavy (non-hydrogen) atoms. The molecule has 0 saturated heterocycles. The van der Waals surface area contributed by atoms with Crippen LogP contribution in [0.5, 0.6) is 0 Å². The maximum absolute atomic E-state index is 4.65. The van der Waals surface area contributed by atoms with Crippen molar-refractivity contribution in [1.82, 2.24) is 15.0 Å². The van der Waals surface area contributed by atoms with Crippen molar-refractivity contribution < 1.29 is 0 Å². The summed E-state index contributed by atoms with van der Waals surface area (Å²) in [5, 5.41) is 0. The van der Waals surface area contributed by atoms with Gasteiger partial charge in [0.05, 0.1) is 0 Å². The molecular weight excluding hydrogens is 270 g/mol. The molecule has 0 amide bonds. The van der Waals surface area contributed by atoms with E-state index in [2.05, 4.69) is 46.1 Å². The predicted octanol–water partition coefficient (Wildman–Crippen LogP) is 3.62. The smallest absolute Gasteiger partial charge is 0.137 e. The fraction of sp³-hybridized carbons (Fsp3) is 0.211. The first-order valence-corrected chi connectivity index (χ1v) is 7.64. The van der Waals surface area contributed by atoms with Gasteiger partial charge in [-0.25, -0.2) is 15.0 Å². The molecule has 0 radical (unpaired) electrons. The summed E-state index contributed by atoms with van der Waals surface area (Å²) in [6, 6.07) is 20.6. The standard InChI is InChI=1S/C19H19N3/c1-2-17-20-18(13-15-9-5-3-6-10-15)22-19(21-17)14-16-11-7-4-8-12-16/h3-12H,2,13-14H2,1H3. The summed E-state index contributed by atoms with van der Waals surface area (Å²) in [5.74, 6) is 2.57. The molecule has 3 aromatic rings. The van der Waals surface area contributed by atoms with Crippen LogP contribution in [0, 0.1) is 0 Å². The number of aryl methyl sites for hydroxylation is 1. The Morgan fingerprint density at radius 1 is 0.591 bits per heavy atom. The van der Waals surface area contributed by atoms with Crippen LogP contribution in [-0.2, 0) is 19.3 Å². The number of hydrogen-bond donors (Lipinski definition) is 0. The van der Waals surface area contributed by atoms with Crippen molar-refractivity contribution in [3.05, 3.63) is 89.3 Å². The molecule has 0 fully saturated rings. The summed E-state index contributed by atoms with van der Waals surface area (Å²) in [5.41, 5.74) is 2.45. The number of rotatable bonds is 5. The van der Waals surface area contributed by atoms with Crippen LogP contribution >= 0.6 is 0 Å². The van der Waals surface area contributed by atoms with E-state index in [0.717, 1.165) is 36.7 Å². The Kier molecular flexibility index (Phi) is 4.54. The third-order valence-electron chi connectivity index (χ3n) is 3.50. The molecule has 1 aromatic heterocycles. The van der Waals surface area contributed by atoms with Gasteiger partial charge in [-0.1, -0.05) is 67.6 Å². The quantitative estimate of drug-likeness (QED) is 0.720. The number of benzene rings is 2. The van der Waals surface area contributed by atoms with Crippen LogP contribution in [0.1, 0.15) is 35.5 Å². The molecule has 3 rings (SSSR count). The number of hydrogen-bond acceptors (Lipinski definition) is 3. The highest BCUT2D eigenvalue weighted by Gasteiger charge is 2.07. The Morgan fingerprint density at radius 3 is 1.41 bits per heavy atom. The van der Waals surface area contributed by atoms with E-state index < -0.39 is 0 Å². The van der Waals surface area contributed by atoms with Gasteiger partial charge >= 0.3 is 0 Å². The minimum atomic E-state index is 0.748. The minimum Gasteiger partial charge on any atom is -0.218 e. The van der Waals surface area contributed by atoms with Gasteiger partial charge in [-0.05, 0) is 11.1 Å². The molecule has 1 heterocycles. The summed E-state index contributed by atoms with van der Waals surface area (Å²) >= 11 is 0. The number of nitrogens with zero attached hydrogens (tertiary/aromatic N) is 3. The van der Waals surface area contributed by atoms with Crippen LogP contribution in [0.25, 0.3) is 0 Å². The van der Waals surface area contributed by atoms with Gasteiger partial charge in [0, 0.05) is 19.3 Å². The van der Waals surface area contributed by atoms with Gasteiger partial charge in [0.2, 0.25) is 0 Å². The fourth-order valence-electron chi connectivity index (χ4n) is 2.40. The Bertz CT molecular complexity index is 664. The second kappa shape index (κ2) is 6.94. The zero-order chi connectivity index (χ0) is 15.2. The van der Waals surface area contributed by atoms with Crippen molar-refractivity contribution in [3.63, 3.8) is 0 Å². The van der Waals surface area contributed by atoms with Crippen molar-refractivity contribution in [2.24, 2.45) is 0 Å². The van der Waals surface area contributed by atoms with E-state index in [1.54, 1.807) is 0 Å². The number of aromatic nitrogens is 3. The molecule has 3 heteroatoms. The molecule has 0 saturated carbocycles. The lowest BCUT2D eigenvalue weighted by Gasteiger charge is -2.07. The molecule has 3 nitrogen and oxygen atoms in total. The molecule has 110 valence electrons. The van der Waals surface area contributed by atoms with Crippen LogP contribution in [0.3, 0.4) is 0 Å². The van der Waals surface area contributed by atoms with Gasteiger partial charge in [-0.3, -0.25) is 0 Å². The van der Waals surface area contributed by atoms with Gasteiger partial charge in [-0.15, -0.1) is 0 Å². The highest BCUT2D eigenvalue weighted by Crippen LogP contribution is 2.09. The normalized spacial score (nSPS) is 10.6. The lowest BCUT2D eigenvalue weighted by atomic mass is 10.1. The van der Waals surface area contributed by atoms with Crippen molar-refractivity contribution in [2.45, 2.75) is 26.2 Å². The van der Waals surface area contributed by atoms with E-state index >= 15 is 0 Å². The largest absolute Gasteiger partial charge is 0.218 e. The SMILES string of the molecule is CCc1nc(Cc2ccccc2)nc(Cc2ccccc2)n1. The highest BCUT2D eigenvalue weighted by molar-refractivity contribution is 5.21. The van der Waals surface area contributed by atoms with Crippen LogP contribution in [0.2, 0.25) is 0 Å². The second-order valence-electron chi connectivity index (χ2n) is 5.26. The molecule has 0 aliphatic heterocycles. The highest BCUT2D eigenvalue weighted by atomic mass is 15.0. The van der Waals surface area contributed by atoms with Gasteiger partial charge in [0.15, 0.2) is 0 Å². The first-order valence-electron chi connectivity index (χ1n) is 7.64. The summed E-state index contributed by atoms with van der Waals surface area (Å²) in [7, 11) is 0. The lowest BCUT2D eigenvalue weighted by Crippen LogP contribution is -2.08. The summed E-state index contributed by atoms with van der Waals surface area (Å²) in [6.07, 6.45) is 2.32. The maximum atomic E-state index is 4.65. The zero-order valence-corrected chi connectivity index (χ0v) is 12.7. The lowest BCUT2D eigenvalue weighted by molar-refractivity contribution is 0.788. The van der Waals surface area contributed by atoms with Gasteiger partial charge in [0.25, 0.3) is 0 Å². The van der Waals surface area contributed by atoms with E-state index in [-0.39, 0.29) is 0 Å². The Balaban J connectivity index is 1.86. The van der Waals surface area contributed by atoms with Gasteiger partial charge in [0.1, 0.15) is 17.5 Å². The minimum absolute atomic E-state index is 0.748.